The van der Waals surface area contributed by atoms with E-state index in [0.717, 1.165) is 11.1 Å². The lowest BCUT2D eigenvalue weighted by Gasteiger charge is -2.37. The first-order chi connectivity index (χ1) is 13.2. The van der Waals surface area contributed by atoms with Crippen LogP contribution in [-0.4, -0.2) is 49.4 Å². The van der Waals surface area contributed by atoms with Crippen molar-refractivity contribution in [2.45, 2.75) is 39.0 Å². The molecule has 1 aliphatic rings. The van der Waals surface area contributed by atoms with Crippen LogP contribution in [0.4, 0.5) is 8.78 Å². The second-order valence-electron chi connectivity index (χ2n) is 7.61. The van der Waals surface area contributed by atoms with Gasteiger partial charge >= 0.3 is 0 Å². The van der Waals surface area contributed by atoms with Gasteiger partial charge in [-0.3, -0.25) is 4.79 Å². The lowest BCUT2D eigenvalue weighted by molar-refractivity contribution is -0.0641. The van der Waals surface area contributed by atoms with Crippen molar-refractivity contribution in [2.75, 3.05) is 13.1 Å². The fourth-order valence-electron chi connectivity index (χ4n) is 3.98. The first-order valence-electron chi connectivity index (χ1n) is 9.14. The Morgan fingerprint density at radius 2 is 1.86 bits per heavy atom. The third-order valence-electron chi connectivity index (χ3n) is 4.99. The highest BCUT2D eigenvalue weighted by Crippen LogP contribution is 2.37. The molecule has 0 bridgehead atoms. The SMILES string of the molecule is Cc1cc(C)cc(C(=O)N2C[C@@H](c3cc(C)nc4ncnn34)CC(F)(F)C2)c1. The number of alkyl halides is 2. The molecule has 0 aliphatic carbocycles. The maximum Gasteiger partial charge on any atom is 0.266 e. The molecule has 2 aromatic heterocycles. The highest BCUT2D eigenvalue weighted by molar-refractivity contribution is 5.94. The van der Waals surface area contributed by atoms with Gasteiger partial charge in [0.15, 0.2) is 0 Å². The minimum Gasteiger partial charge on any atom is -0.332 e. The fourth-order valence-corrected chi connectivity index (χ4v) is 3.98. The topological polar surface area (TPSA) is 63.4 Å². The molecule has 0 spiro atoms. The van der Waals surface area contributed by atoms with E-state index in [1.54, 1.807) is 25.1 Å². The summed E-state index contributed by atoms with van der Waals surface area (Å²) in [5.74, 6) is -3.56. The summed E-state index contributed by atoms with van der Waals surface area (Å²) >= 11 is 0. The molecule has 1 fully saturated rings. The Bertz CT molecular complexity index is 1040. The Morgan fingerprint density at radius 3 is 2.57 bits per heavy atom. The number of carbonyl (C=O) groups is 1. The maximum atomic E-state index is 14.6. The van der Waals surface area contributed by atoms with E-state index >= 15 is 0 Å². The molecule has 1 amide bonds. The van der Waals surface area contributed by atoms with Gasteiger partial charge in [0, 0.05) is 30.1 Å². The summed E-state index contributed by atoms with van der Waals surface area (Å²) < 4.78 is 30.7. The third kappa shape index (κ3) is 3.46. The predicted octanol–water partition coefficient (Wildman–Crippen LogP) is 3.31. The Hall–Kier alpha value is -2.90. The average molecular weight is 385 g/mol. The molecule has 8 heteroatoms. The van der Waals surface area contributed by atoms with E-state index in [1.165, 1.54) is 15.7 Å². The van der Waals surface area contributed by atoms with Crippen molar-refractivity contribution in [1.29, 1.82) is 0 Å². The number of rotatable bonds is 2. The zero-order chi connectivity index (χ0) is 20.1. The number of benzene rings is 1. The van der Waals surface area contributed by atoms with Gasteiger partial charge in [0.2, 0.25) is 0 Å². The second kappa shape index (κ2) is 6.61. The molecule has 0 saturated carbocycles. The summed E-state index contributed by atoms with van der Waals surface area (Å²) in [4.78, 5) is 22.6. The monoisotopic (exact) mass is 385 g/mol. The molecule has 28 heavy (non-hydrogen) atoms. The molecular formula is C20H21F2N5O. The summed E-state index contributed by atoms with van der Waals surface area (Å²) in [6.07, 6.45) is 1.01. The van der Waals surface area contributed by atoms with E-state index in [0.29, 0.717) is 22.7 Å². The number of carbonyl (C=O) groups excluding carboxylic acids is 1. The van der Waals surface area contributed by atoms with E-state index in [1.807, 2.05) is 19.9 Å². The number of halogens is 2. The van der Waals surface area contributed by atoms with Crippen LogP contribution in [0.2, 0.25) is 0 Å². The highest BCUT2D eigenvalue weighted by Gasteiger charge is 2.43. The summed E-state index contributed by atoms with van der Waals surface area (Å²) in [6, 6.07) is 7.17. The van der Waals surface area contributed by atoms with Crippen LogP contribution in [0, 0.1) is 20.8 Å². The maximum absolute atomic E-state index is 14.6. The molecule has 1 aromatic carbocycles. The summed E-state index contributed by atoms with van der Waals surface area (Å²) in [6.45, 7) is 5.18. The highest BCUT2D eigenvalue weighted by atomic mass is 19.3. The lowest BCUT2D eigenvalue weighted by Crippen LogP contribution is -2.49. The van der Waals surface area contributed by atoms with E-state index in [4.69, 9.17) is 0 Å². The van der Waals surface area contributed by atoms with Gasteiger partial charge in [0.05, 0.1) is 12.2 Å². The number of likely N-dealkylation sites (tertiary alicyclic amines) is 1. The number of fused-ring (bicyclic) bond motifs is 1. The third-order valence-corrected chi connectivity index (χ3v) is 4.99. The number of hydrogen-bond acceptors (Lipinski definition) is 4. The van der Waals surface area contributed by atoms with Crippen LogP contribution < -0.4 is 0 Å². The van der Waals surface area contributed by atoms with Crippen molar-refractivity contribution in [3.05, 3.63) is 58.7 Å². The molecule has 1 aliphatic heterocycles. The van der Waals surface area contributed by atoms with Crippen LogP contribution in [0.5, 0.6) is 0 Å². The quantitative estimate of drug-likeness (QED) is 0.679. The Labute approximate surface area is 161 Å². The molecule has 0 unspecified atom stereocenters. The van der Waals surface area contributed by atoms with Gasteiger partial charge in [-0.05, 0) is 39.0 Å². The average Bonchev–Trinajstić information content (AvgIpc) is 3.06. The molecule has 6 nitrogen and oxygen atoms in total. The smallest absolute Gasteiger partial charge is 0.266 e. The zero-order valence-corrected chi connectivity index (χ0v) is 16.0. The Morgan fingerprint density at radius 1 is 1.14 bits per heavy atom. The number of piperidine rings is 1. The standard InChI is InChI=1S/C20H21F2N5O/c1-12-4-13(2)6-15(5-12)18(28)26-9-16(8-20(21,22)10-26)17-7-14(3)25-19-23-11-24-27(17)19/h4-7,11,16H,8-10H2,1-3H3/t16-/m0/s1. The molecule has 0 radical (unpaired) electrons. The molecule has 3 aromatic rings. The van der Waals surface area contributed by atoms with Gasteiger partial charge in [0.1, 0.15) is 6.33 Å². The normalized spacial score (nSPS) is 19.2. The lowest BCUT2D eigenvalue weighted by atomic mass is 9.91. The van der Waals surface area contributed by atoms with Crippen molar-refractivity contribution < 1.29 is 13.6 Å². The molecule has 1 saturated heterocycles. The van der Waals surface area contributed by atoms with Crippen molar-refractivity contribution >= 4 is 11.7 Å². The van der Waals surface area contributed by atoms with Crippen LogP contribution in [0.1, 0.15) is 45.2 Å². The minimum absolute atomic E-state index is 0.194. The van der Waals surface area contributed by atoms with Gasteiger partial charge in [-0.2, -0.15) is 10.1 Å². The van der Waals surface area contributed by atoms with Crippen molar-refractivity contribution in [3.63, 3.8) is 0 Å². The van der Waals surface area contributed by atoms with Crippen molar-refractivity contribution in [2.24, 2.45) is 0 Å². The summed E-state index contributed by atoms with van der Waals surface area (Å²) in [7, 11) is 0. The Kier molecular flexibility index (Phi) is 4.36. The van der Waals surface area contributed by atoms with Gasteiger partial charge in [-0.15, -0.1) is 0 Å². The Balaban J connectivity index is 1.71. The van der Waals surface area contributed by atoms with E-state index in [2.05, 4.69) is 15.1 Å². The number of nitrogens with zero attached hydrogens (tertiary/aromatic N) is 5. The summed E-state index contributed by atoms with van der Waals surface area (Å²) in [5, 5.41) is 4.13. The molecule has 146 valence electrons. The minimum atomic E-state index is -2.98. The first-order valence-corrected chi connectivity index (χ1v) is 9.14. The number of aryl methyl sites for hydroxylation is 3. The van der Waals surface area contributed by atoms with Gasteiger partial charge < -0.3 is 4.90 Å². The van der Waals surface area contributed by atoms with Crippen molar-refractivity contribution in [1.82, 2.24) is 24.5 Å². The first kappa shape index (κ1) is 18.5. The largest absolute Gasteiger partial charge is 0.332 e. The number of amides is 1. The van der Waals surface area contributed by atoms with Crippen LogP contribution in [0.15, 0.2) is 30.6 Å². The molecule has 3 heterocycles. The number of aromatic nitrogens is 4. The van der Waals surface area contributed by atoms with E-state index < -0.39 is 18.4 Å². The molecule has 0 N–H and O–H groups in total. The van der Waals surface area contributed by atoms with Crippen LogP contribution >= 0.6 is 0 Å². The van der Waals surface area contributed by atoms with Crippen molar-refractivity contribution in [3.8, 4) is 0 Å². The van der Waals surface area contributed by atoms with Gasteiger partial charge in [-0.25, -0.2) is 18.3 Å². The van der Waals surface area contributed by atoms with Gasteiger partial charge in [0.25, 0.3) is 17.6 Å². The fraction of sp³-hybridized carbons (Fsp3) is 0.400. The second-order valence-corrected chi connectivity index (χ2v) is 7.61. The summed E-state index contributed by atoms with van der Waals surface area (Å²) in [5.41, 5.74) is 3.57. The molecular weight excluding hydrogens is 364 g/mol. The van der Waals surface area contributed by atoms with Crippen LogP contribution in [0.25, 0.3) is 5.78 Å². The van der Waals surface area contributed by atoms with Gasteiger partial charge in [-0.1, -0.05) is 17.2 Å². The molecule has 1 atom stereocenters. The van der Waals surface area contributed by atoms with E-state index in [-0.39, 0.29) is 18.9 Å². The number of hydrogen-bond donors (Lipinski definition) is 0. The van der Waals surface area contributed by atoms with Crippen LogP contribution in [0.3, 0.4) is 0 Å². The van der Waals surface area contributed by atoms with E-state index in [9.17, 15) is 13.6 Å². The predicted molar refractivity (Wildman–Crippen MR) is 99.6 cm³/mol. The zero-order valence-electron chi connectivity index (χ0n) is 16.0. The van der Waals surface area contributed by atoms with Crippen LogP contribution in [-0.2, 0) is 0 Å². The molecule has 4 rings (SSSR count).